The van der Waals surface area contributed by atoms with Gasteiger partial charge in [0.1, 0.15) is 0 Å². The van der Waals surface area contributed by atoms with Gasteiger partial charge in [-0.15, -0.1) is 0 Å². The van der Waals surface area contributed by atoms with Gasteiger partial charge in [-0.2, -0.15) is 0 Å². The van der Waals surface area contributed by atoms with Crippen molar-refractivity contribution in [2.24, 2.45) is 5.92 Å². The average Bonchev–Trinajstić information content (AvgIpc) is 3.06. The largest absolute Gasteiger partial charge is 0.420 e. The molecule has 16 heavy (non-hydrogen) atoms. The van der Waals surface area contributed by atoms with Crippen molar-refractivity contribution in [2.45, 2.75) is 25.5 Å². The number of aliphatic hydroxyl groups is 1. The molecule has 1 aliphatic carbocycles. The molecule has 1 aliphatic rings. The molecular formula is C12H13NO3. The van der Waals surface area contributed by atoms with Crippen molar-refractivity contribution in [3.05, 3.63) is 34.8 Å². The van der Waals surface area contributed by atoms with Crippen LogP contribution >= 0.6 is 0 Å². The van der Waals surface area contributed by atoms with Gasteiger partial charge >= 0.3 is 5.76 Å². The van der Waals surface area contributed by atoms with Crippen LogP contribution in [0.2, 0.25) is 0 Å². The standard InChI is InChI=1S/C12H13NO3/c14-10(8-5-6-8)7-13-9-3-1-2-4-11(9)16-12(13)15/h1-4,8,10,14H,5-7H2. The van der Waals surface area contributed by atoms with Gasteiger partial charge in [0.2, 0.25) is 0 Å². The third-order valence-electron chi connectivity index (χ3n) is 3.11. The first-order chi connectivity index (χ1) is 7.75. The number of nitrogens with zero attached hydrogens (tertiary/aromatic N) is 1. The Hall–Kier alpha value is -1.55. The van der Waals surface area contributed by atoms with Gasteiger partial charge in [0.15, 0.2) is 5.58 Å². The van der Waals surface area contributed by atoms with E-state index in [4.69, 9.17) is 4.42 Å². The maximum Gasteiger partial charge on any atom is 0.420 e. The fourth-order valence-corrected chi connectivity index (χ4v) is 2.00. The highest BCUT2D eigenvalue weighted by atomic mass is 16.4. The molecule has 0 saturated heterocycles. The van der Waals surface area contributed by atoms with Crippen molar-refractivity contribution in [1.82, 2.24) is 4.57 Å². The minimum Gasteiger partial charge on any atom is -0.408 e. The lowest BCUT2D eigenvalue weighted by Crippen LogP contribution is -2.24. The van der Waals surface area contributed by atoms with E-state index in [1.807, 2.05) is 18.2 Å². The van der Waals surface area contributed by atoms with E-state index in [1.54, 1.807) is 6.07 Å². The summed E-state index contributed by atoms with van der Waals surface area (Å²) in [5.74, 6) is -0.0264. The monoisotopic (exact) mass is 219 g/mol. The predicted octanol–water partition coefficient (Wildman–Crippen LogP) is 1.37. The van der Waals surface area contributed by atoms with Crippen molar-refractivity contribution in [3.8, 4) is 0 Å². The number of oxazole rings is 1. The van der Waals surface area contributed by atoms with Crippen molar-refractivity contribution in [2.75, 3.05) is 0 Å². The fourth-order valence-electron chi connectivity index (χ4n) is 2.00. The number of hydrogen-bond donors (Lipinski definition) is 1. The minimum atomic E-state index is -0.432. The third-order valence-corrected chi connectivity index (χ3v) is 3.11. The van der Waals surface area contributed by atoms with Crippen LogP contribution in [0.15, 0.2) is 33.5 Å². The molecule has 3 rings (SSSR count). The SMILES string of the molecule is O=c1oc2ccccc2n1CC(O)C1CC1. The van der Waals surface area contributed by atoms with Crippen LogP contribution < -0.4 is 5.76 Å². The van der Waals surface area contributed by atoms with Crippen LogP contribution in [0.1, 0.15) is 12.8 Å². The van der Waals surface area contributed by atoms with Crippen molar-refractivity contribution >= 4 is 11.1 Å². The quantitative estimate of drug-likeness (QED) is 0.848. The summed E-state index contributed by atoms with van der Waals surface area (Å²) >= 11 is 0. The molecule has 1 aromatic heterocycles. The molecule has 4 heteroatoms. The molecule has 1 unspecified atom stereocenters. The summed E-state index contributed by atoms with van der Waals surface area (Å²) < 4.78 is 6.61. The fraction of sp³-hybridized carbons (Fsp3) is 0.417. The Balaban J connectivity index is 2.01. The summed E-state index contributed by atoms with van der Waals surface area (Å²) in [5, 5.41) is 9.84. The van der Waals surface area contributed by atoms with E-state index in [0.717, 1.165) is 18.4 Å². The Kier molecular flexibility index (Phi) is 2.11. The van der Waals surface area contributed by atoms with Crippen molar-refractivity contribution in [3.63, 3.8) is 0 Å². The Labute approximate surface area is 92.1 Å². The second-order valence-corrected chi connectivity index (χ2v) is 4.35. The maximum absolute atomic E-state index is 11.6. The van der Waals surface area contributed by atoms with Crippen molar-refractivity contribution < 1.29 is 9.52 Å². The normalized spacial score (nSPS) is 17.8. The second-order valence-electron chi connectivity index (χ2n) is 4.35. The van der Waals surface area contributed by atoms with Crippen molar-refractivity contribution in [1.29, 1.82) is 0 Å². The van der Waals surface area contributed by atoms with Gasteiger partial charge in [0.25, 0.3) is 0 Å². The Bertz CT molecular complexity index is 565. The van der Waals surface area contributed by atoms with E-state index in [1.165, 1.54) is 4.57 Å². The van der Waals surface area contributed by atoms with Gasteiger partial charge in [-0.25, -0.2) is 4.79 Å². The minimum absolute atomic E-state index is 0.334. The molecule has 0 radical (unpaired) electrons. The first-order valence-electron chi connectivity index (χ1n) is 5.52. The second kappa shape index (κ2) is 3.49. The van der Waals surface area contributed by atoms with Crippen LogP contribution in [-0.4, -0.2) is 15.8 Å². The highest BCUT2D eigenvalue weighted by Crippen LogP contribution is 2.33. The van der Waals surface area contributed by atoms with E-state index >= 15 is 0 Å². The maximum atomic E-state index is 11.6. The molecule has 1 N–H and O–H groups in total. The number of benzene rings is 1. The molecular weight excluding hydrogens is 206 g/mol. The molecule has 0 aliphatic heterocycles. The third kappa shape index (κ3) is 1.55. The van der Waals surface area contributed by atoms with E-state index in [2.05, 4.69) is 0 Å². The lowest BCUT2D eigenvalue weighted by molar-refractivity contribution is 0.130. The number of rotatable bonds is 3. The predicted molar refractivity (Wildman–Crippen MR) is 59.2 cm³/mol. The molecule has 1 aromatic carbocycles. The van der Waals surface area contributed by atoms with E-state index < -0.39 is 6.10 Å². The van der Waals surface area contributed by atoms with Gasteiger partial charge in [-0.3, -0.25) is 4.57 Å². The zero-order chi connectivity index (χ0) is 11.1. The summed E-state index contributed by atoms with van der Waals surface area (Å²) in [6.07, 6.45) is 1.69. The Morgan fingerprint density at radius 3 is 2.94 bits per heavy atom. The molecule has 1 fully saturated rings. The van der Waals surface area contributed by atoms with Crippen LogP contribution in [0.3, 0.4) is 0 Å². The van der Waals surface area contributed by atoms with E-state index in [-0.39, 0.29) is 5.76 Å². The zero-order valence-corrected chi connectivity index (χ0v) is 8.80. The number of hydrogen-bond acceptors (Lipinski definition) is 3. The molecule has 4 nitrogen and oxygen atoms in total. The van der Waals surface area contributed by atoms with Crippen LogP contribution in [-0.2, 0) is 6.54 Å². The van der Waals surface area contributed by atoms with Gasteiger partial charge in [0, 0.05) is 0 Å². The smallest absolute Gasteiger partial charge is 0.408 e. The van der Waals surface area contributed by atoms with E-state index in [9.17, 15) is 9.90 Å². The van der Waals surface area contributed by atoms with Crippen LogP contribution in [0.5, 0.6) is 0 Å². The van der Waals surface area contributed by atoms with Gasteiger partial charge in [-0.05, 0) is 30.9 Å². The summed E-state index contributed by atoms with van der Waals surface area (Å²) in [5.41, 5.74) is 1.34. The summed E-state index contributed by atoms with van der Waals surface area (Å²) in [7, 11) is 0. The molecule has 2 aromatic rings. The molecule has 1 atom stereocenters. The molecule has 1 saturated carbocycles. The van der Waals surface area contributed by atoms with E-state index in [0.29, 0.717) is 18.0 Å². The summed E-state index contributed by atoms with van der Waals surface area (Å²) in [6, 6.07) is 7.28. The van der Waals surface area contributed by atoms with Crippen LogP contribution in [0.25, 0.3) is 11.1 Å². The Morgan fingerprint density at radius 1 is 1.44 bits per heavy atom. The average molecular weight is 219 g/mol. The summed E-state index contributed by atoms with van der Waals surface area (Å²) in [6.45, 7) is 0.334. The first kappa shape index (κ1) is 9.66. The van der Waals surface area contributed by atoms with Gasteiger partial charge in [0.05, 0.1) is 18.2 Å². The van der Waals surface area contributed by atoms with Gasteiger partial charge in [-0.1, -0.05) is 12.1 Å². The lowest BCUT2D eigenvalue weighted by Gasteiger charge is -2.08. The molecule has 1 heterocycles. The number of aliphatic hydroxyl groups excluding tert-OH is 1. The highest BCUT2D eigenvalue weighted by Gasteiger charge is 2.30. The number of para-hydroxylation sites is 2. The number of aromatic nitrogens is 1. The zero-order valence-electron chi connectivity index (χ0n) is 8.80. The molecule has 84 valence electrons. The lowest BCUT2D eigenvalue weighted by atomic mass is 10.2. The van der Waals surface area contributed by atoms with Crippen LogP contribution in [0, 0.1) is 5.92 Å². The van der Waals surface area contributed by atoms with Crippen LogP contribution in [0.4, 0.5) is 0 Å². The molecule has 0 amide bonds. The molecule has 0 bridgehead atoms. The highest BCUT2D eigenvalue weighted by molar-refractivity contribution is 5.72. The first-order valence-corrected chi connectivity index (χ1v) is 5.52. The Morgan fingerprint density at radius 2 is 2.19 bits per heavy atom. The van der Waals surface area contributed by atoms with Gasteiger partial charge < -0.3 is 9.52 Å². The topological polar surface area (TPSA) is 55.4 Å². The summed E-state index contributed by atoms with van der Waals surface area (Å²) in [4.78, 5) is 11.6. The molecule has 0 spiro atoms. The number of fused-ring (bicyclic) bond motifs is 1.